The second-order valence-corrected chi connectivity index (χ2v) is 7.34. The predicted molar refractivity (Wildman–Crippen MR) is 81.9 cm³/mol. The van der Waals surface area contributed by atoms with Gasteiger partial charge in [-0.25, -0.2) is 13.1 Å². The Morgan fingerprint density at radius 2 is 2.13 bits per heavy atom. The van der Waals surface area contributed by atoms with Crippen molar-refractivity contribution < 1.29 is 13.2 Å². The van der Waals surface area contributed by atoms with Crippen molar-refractivity contribution in [3.8, 4) is 0 Å². The summed E-state index contributed by atoms with van der Waals surface area (Å²) in [4.78, 5) is 14.2. The number of fused-ring (bicyclic) bond motifs is 1. The number of nitrogens with zero attached hydrogens (tertiary/aromatic N) is 5. The van der Waals surface area contributed by atoms with Gasteiger partial charge < -0.3 is 14.0 Å². The first kappa shape index (κ1) is 15.7. The highest BCUT2D eigenvalue weighted by atomic mass is 32.2. The number of aryl methyl sites for hydroxylation is 1. The predicted octanol–water partition coefficient (Wildman–Crippen LogP) is -0.678. The Hall–Kier alpha value is -2.20. The van der Waals surface area contributed by atoms with Gasteiger partial charge >= 0.3 is 0 Å². The molecular formula is C13H18N6O3S. The Morgan fingerprint density at radius 1 is 1.35 bits per heavy atom. The van der Waals surface area contributed by atoms with E-state index in [9.17, 15) is 13.2 Å². The van der Waals surface area contributed by atoms with Crippen molar-refractivity contribution in [2.45, 2.75) is 19.6 Å². The molecule has 23 heavy (non-hydrogen) atoms. The average molecular weight is 338 g/mol. The SMILES string of the molecule is Cn1cccc1C(=O)N1CCn2c(CNS(C)(=O)=O)nnc2C1. The second-order valence-electron chi connectivity index (χ2n) is 5.51. The van der Waals surface area contributed by atoms with E-state index < -0.39 is 10.0 Å². The van der Waals surface area contributed by atoms with Gasteiger partial charge in [0.2, 0.25) is 10.0 Å². The van der Waals surface area contributed by atoms with Crippen LogP contribution in [0.1, 0.15) is 22.1 Å². The Balaban J connectivity index is 1.74. The fourth-order valence-electron chi connectivity index (χ4n) is 2.56. The van der Waals surface area contributed by atoms with E-state index in [0.29, 0.717) is 37.0 Å². The molecule has 1 aliphatic heterocycles. The number of sulfonamides is 1. The molecule has 0 fully saturated rings. The number of carbonyl (C=O) groups is 1. The fraction of sp³-hybridized carbons (Fsp3) is 0.462. The van der Waals surface area contributed by atoms with Gasteiger partial charge in [-0.05, 0) is 12.1 Å². The molecule has 3 rings (SSSR count). The first-order chi connectivity index (χ1) is 10.8. The second kappa shape index (κ2) is 5.78. The van der Waals surface area contributed by atoms with E-state index in [1.807, 2.05) is 23.9 Å². The van der Waals surface area contributed by atoms with Crippen LogP contribution in [0.25, 0.3) is 0 Å². The van der Waals surface area contributed by atoms with E-state index in [-0.39, 0.29) is 12.5 Å². The third-order valence-corrected chi connectivity index (χ3v) is 4.44. The van der Waals surface area contributed by atoms with Gasteiger partial charge in [0.05, 0.1) is 19.3 Å². The van der Waals surface area contributed by atoms with Crippen molar-refractivity contribution in [2.75, 3.05) is 12.8 Å². The lowest BCUT2D eigenvalue weighted by molar-refractivity contribution is 0.0696. The van der Waals surface area contributed by atoms with Crippen LogP contribution in [-0.2, 0) is 36.7 Å². The monoisotopic (exact) mass is 338 g/mol. The average Bonchev–Trinajstić information content (AvgIpc) is 3.09. The number of hydrogen-bond acceptors (Lipinski definition) is 5. The van der Waals surface area contributed by atoms with Crippen LogP contribution in [0.3, 0.4) is 0 Å². The van der Waals surface area contributed by atoms with E-state index >= 15 is 0 Å². The van der Waals surface area contributed by atoms with Crippen molar-refractivity contribution >= 4 is 15.9 Å². The standard InChI is InChI=1S/C13H18N6O3S/c1-17-5-3-4-10(17)13(20)18-6-7-19-11(8-14-23(2,21)22)15-16-12(19)9-18/h3-5,14H,6-9H2,1-2H3. The zero-order chi connectivity index (χ0) is 16.6. The van der Waals surface area contributed by atoms with E-state index in [4.69, 9.17) is 0 Å². The number of carbonyl (C=O) groups excluding carboxylic acids is 1. The quantitative estimate of drug-likeness (QED) is 0.796. The first-order valence-corrected chi connectivity index (χ1v) is 9.00. The third kappa shape index (κ3) is 3.27. The summed E-state index contributed by atoms with van der Waals surface area (Å²) in [5, 5.41) is 8.09. The number of nitrogens with one attached hydrogen (secondary N) is 1. The molecule has 9 nitrogen and oxygen atoms in total. The van der Waals surface area contributed by atoms with Crippen LogP contribution in [-0.4, -0.2) is 51.4 Å². The van der Waals surface area contributed by atoms with Crippen molar-refractivity contribution in [3.63, 3.8) is 0 Å². The van der Waals surface area contributed by atoms with Gasteiger partial charge in [-0.3, -0.25) is 4.79 Å². The van der Waals surface area contributed by atoms with Crippen molar-refractivity contribution in [1.29, 1.82) is 0 Å². The maximum absolute atomic E-state index is 12.5. The van der Waals surface area contributed by atoms with Crippen molar-refractivity contribution in [1.82, 2.24) is 29.0 Å². The van der Waals surface area contributed by atoms with E-state index in [2.05, 4.69) is 14.9 Å². The molecule has 0 aromatic carbocycles. The van der Waals surface area contributed by atoms with Crippen LogP contribution >= 0.6 is 0 Å². The highest BCUT2D eigenvalue weighted by Gasteiger charge is 2.26. The molecule has 0 saturated carbocycles. The molecule has 124 valence electrons. The summed E-state index contributed by atoms with van der Waals surface area (Å²) < 4.78 is 28.4. The van der Waals surface area contributed by atoms with Crippen LogP contribution in [0.4, 0.5) is 0 Å². The molecular weight excluding hydrogens is 320 g/mol. The van der Waals surface area contributed by atoms with Gasteiger partial charge in [0, 0.05) is 26.3 Å². The maximum atomic E-state index is 12.5. The summed E-state index contributed by atoms with van der Waals surface area (Å²) in [6.45, 7) is 1.52. The minimum absolute atomic E-state index is 0.0532. The maximum Gasteiger partial charge on any atom is 0.270 e. The molecule has 0 saturated heterocycles. The van der Waals surface area contributed by atoms with Crippen LogP contribution in [0.2, 0.25) is 0 Å². The Labute approximate surface area is 134 Å². The Morgan fingerprint density at radius 3 is 2.78 bits per heavy atom. The summed E-state index contributed by atoms with van der Waals surface area (Å²) >= 11 is 0. The lowest BCUT2D eigenvalue weighted by Gasteiger charge is -2.28. The number of rotatable bonds is 4. The topological polar surface area (TPSA) is 102 Å². The summed E-state index contributed by atoms with van der Waals surface area (Å²) in [6, 6.07) is 3.61. The number of amides is 1. The van der Waals surface area contributed by atoms with Crippen molar-refractivity contribution in [2.24, 2.45) is 7.05 Å². The highest BCUT2D eigenvalue weighted by Crippen LogP contribution is 2.15. The molecule has 0 atom stereocenters. The van der Waals surface area contributed by atoms with Gasteiger partial charge in [0.1, 0.15) is 11.5 Å². The highest BCUT2D eigenvalue weighted by molar-refractivity contribution is 7.88. The van der Waals surface area contributed by atoms with Gasteiger partial charge in [-0.1, -0.05) is 0 Å². The summed E-state index contributed by atoms with van der Waals surface area (Å²) in [7, 11) is -1.46. The molecule has 1 aliphatic rings. The molecule has 1 amide bonds. The normalized spacial score (nSPS) is 14.8. The third-order valence-electron chi connectivity index (χ3n) is 3.77. The number of hydrogen-bond donors (Lipinski definition) is 1. The van der Waals surface area contributed by atoms with Gasteiger partial charge in [-0.15, -0.1) is 10.2 Å². The minimum Gasteiger partial charge on any atom is -0.347 e. The fourth-order valence-corrected chi connectivity index (χ4v) is 2.95. The molecule has 1 N–H and O–H groups in total. The Kier molecular flexibility index (Phi) is 3.94. The molecule has 3 heterocycles. The zero-order valence-corrected chi connectivity index (χ0v) is 13.7. The molecule has 0 unspecified atom stereocenters. The van der Waals surface area contributed by atoms with Crippen molar-refractivity contribution in [3.05, 3.63) is 35.7 Å². The first-order valence-electron chi connectivity index (χ1n) is 7.11. The molecule has 2 aromatic rings. The zero-order valence-electron chi connectivity index (χ0n) is 12.9. The Bertz CT molecular complexity index is 838. The smallest absolute Gasteiger partial charge is 0.270 e. The molecule has 10 heteroatoms. The molecule has 0 spiro atoms. The summed E-state index contributed by atoms with van der Waals surface area (Å²) in [5.41, 5.74) is 0.622. The molecule has 2 aromatic heterocycles. The molecule has 0 bridgehead atoms. The van der Waals surface area contributed by atoms with Crippen LogP contribution < -0.4 is 4.72 Å². The van der Waals surface area contributed by atoms with Gasteiger partial charge in [0.25, 0.3) is 5.91 Å². The lowest BCUT2D eigenvalue weighted by atomic mass is 10.3. The molecule has 0 radical (unpaired) electrons. The molecule has 0 aliphatic carbocycles. The van der Waals surface area contributed by atoms with E-state index in [1.54, 1.807) is 15.5 Å². The van der Waals surface area contributed by atoms with Crippen LogP contribution in [0, 0.1) is 0 Å². The minimum atomic E-state index is -3.28. The van der Waals surface area contributed by atoms with Gasteiger partial charge in [-0.2, -0.15) is 0 Å². The van der Waals surface area contributed by atoms with Gasteiger partial charge in [0.15, 0.2) is 5.82 Å². The van der Waals surface area contributed by atoms with Crippen LogP contribution in [0.5, 0.6) is 0 Å². The number of aromatic nitrogens is 4. The van der Waals surface area contributed by atoms with E-state index in [0.717, 1.165) is 6.26 Å². The largest absolute Gasteiger partial charge is 0.347 e. The lowest BCUT2D eigenvalue weighted by Crippen LogP contribution is -2.39. The summed E-state index contributed by atoms with van der Waals surface area (Å²) in [5.74, 6) is 1.16. The van der Waals surface area contributed by atoms with E-state index in [1.165, 1.54) is 0 Å². The van der Waals surface area contributed by atoms with Crippen LogP contribution in [0.15, 0.2) is 18.3 Å². The summed E-state index contributed by atoms with van der Waals surface area (Å²) in [6.07, 6.45) is 2.93.